The average Bonchev–Trinajstić information content (AvgIpc) is 1.62. The molecule has 5 nitrogen and oxygen atoms in total. The van der Waals surface area contributed by atoms with E-state index in [0.717, 1.165) is 13.5 Å². The zero-order chi connectivity index (χ0) is 6.78. The third-order valence-corrected chi connectivity index (χ3v) is 1.35. The molecule has 0 atom stereocenters. The van der Waals surface area contributed by atoms with Gasteiger partial charge in [0.05, 0.1) is 0 Å². The van der Waals surface area contributed by atoms with E-state index in [1.54, 1.807) is 0 Å². The largest absolute Gasteiger partial charge is 0.327 e. The van der Waals surface area contributed by atoms with Crippen molar-refractivity contribution in [3.8, 4) is 0 Å². The predicted molar refractivity (Wildman–Crippen MR) is 26.6 cm³/mol. The fourth-order valence-corrected chi connectivity index (χ4v) is 0.156. The van der Waals surface area contributed by atoms with Gasteiger partial charge in [-0.2, -0.15) is 8.42 Å². The molecule has 0 saturated carbocycles. The van der Waals surface area contributed by atoms with Gasteiger partial charge in [-0.15, -0.1) is 0 Å². The molecule has 0 bridgehead atoms. The summed E-state index contributed by atoms with van der Waals surface area (Å²) < 4.78 is 20.3. The van der Waals surface area contributed by atoms with Crippen molar-refractivity contribution in [2.75, 3.05) is 7.05 Å². The van der Waals surface area contributed by atoms with Crippen LogP contribution in [0.15, 0.2) is 0 Å². The van der Waals surface area contributed by atoms with Crippen LogP contribution in [0, 0.1) is 0 Å². The SMILES string of the molecule is CN([C]=O)S(N)(=O)=O. The van der Waals surface area contributed by atoms with Crippen molar-refractivity contribution in [2.45, 2.75) is 0 Å². The summed E-state index contributed by atoms with van der Waals surface area (Å²) in [5.41, 5.74) is 0. The smallest absolute Gasteiger partial charge is 0.262 e. The van der Waals surface area contributed by atoms with E-state index in [0.29, 0.717) is 0 Å². The van der Waals surface area contributed by atoms with Gasteiger partial charge in [-0.1, -0.05) is 0 Å². The van der Waals surface area contributed by atoms with Gasteiger partial charge in [-0.25, -0.2) is 9.44 Å². The van der Waals surface area contributed by atoms with Gasteiger partial charge < -0.3 is 0 Å². The number of hydrogen-bond acceptors (Lipinski definition) is 3. The minimum absolute atomic E-state index is 0.257. The van der Waals surface area contributed by atoms with Crippen molar-refractivity contribution < 1.29 is 13.2 Å². The van der Waals surface area contributed by atoms with E-state index in [9.17, 15) is 13.2 Å². The number of rotatable bonds is 2. The number of amides is 1. The average molecular weight is 137 g/mol. The van der Waals surface area contributed by atoms with Crippen molar-refractivity contribution in [3.63, 3.8) is 0 Å². The molecule has 0 saturated heterocycles. The number of hydrogen-bond donors (Lipinski definition) is 1. The minimum atomic E-state index is -3.84. The molecule has 1 amide bonds. The van der Waals surface area contributed by atoms with E-state index in [-0.39, 0.29) is 4.31 Å². The highest BCUT2D eigenvalue weighted by Crippen LogP contribution is 1.79. The van der Waals surface area contributed by atoms with Crippen molar-refractivity contribution in [1.82, 2.24) is 4.31 Å². The van der Waals surface area contributed by atoms with E-state index in [1.807, 2.05) is 0 Å². The van der Waals surface area contributed by atoms with Crippen LogP contribution in [0.1, 0.15) is 0 Å². The van der Waals surface area contributed by atoms with Gasteiger partial charge in [0, 0.05) is 7.05 Å². The Balaban J connectivity index is 4.26. The molecule has 0 fully saturated rings. The highest BCUT2D eigenvalue weighted by molar-refractivity contribution is 7.87. The molecule has 6 heteroatoms. The molecule has 0 aromatic heterocycles. The van der Waals surface area contributed by atoms with Gasteiger partial charge in [-0.3, -0.25) is 4.79 Å². The number of carbonyl (C=O) groups excluding carboxylic acids is 1. The maximum absolute atomic E-state index is 10.0. The molecule has 0 aliphatic heterocycles. The Hall–Kier alpha value is -0.620. The van der Waals surface area contributed by atoms with Crippen LogP contribution >= 0.6 is 0 Å². The normalized spacial score (nSPS) is 10.8. The Bertz CT molecular complexity index is 172. The van der Waals surface area contributed by atoms with Gasteiger partial charge >= 0.3 is 16.6 Å². The van der Waals surface area contributed by atoms with Crippen LogP contribution in [0.5, 0.6) is 0 Å². The summed E-state index contributed by atoms with van der Waals surface area (Å²) in [6, 6.07) is 0. The lowest BCUT2D eigenvalue weighted by molar-refractivity contribution is 0.499. The second-order valence-electron chi connectivity index (χ2n) is 1.10. The molecule has 0 aromatic rings. The van der Waals surface area contributed by atoms with Crippen LogP contribution in [0.25, 0.3) is 0 Å². The van der Waals surface area contributed by atoms with Gasteiger partial charge in [0.25, 0.3) is 0 Å². The van der Waals surface area contributed by atoms with E-state index >= 15 is 0 Å². The highest BCUT2D eigenvalue weighted by Gasteiger charge is 2.07. The summed E-state index contributed by atoms with van der Waals surface area (Å²) in [7, 11) is -2.84. The first-order valence-electron chi connectivity index (χ1n) is 1.63. The van der Waals surface area contributed by atoms with Crippen molar-refractivity contribution >= 4 is 16.6 Å². The first-order valence-corrected chi connectivity index (χ1v) is 3.13. The highest BCUT2D eigenvalue weighted by atomic mass is 32.2. The Morgan fingerprint density at radius 3 is 2.00 bits per heavy atom. The molecule has 0 aliphatic rings. The topological polar surface area (TPSA) is 80.5 Å². The van der Waals surface area contributed by atoms with Crippen molar-refractivity contribution in [3.05, 3.63) is 0 Å². The van der Waals surface area contributed by atoms with E-state index in [4.69, 9.17) is 0 Å². The first kappa shape index (κ1) is 7.38. The molecular formula is C2H5N2O3S. The summed E-state index contributed by atoms with van der Waals surface area (Å²) in [6.07, 6.45) is 1.08. The van der Waals surface area contributed by atoms with Crippen molar-refractivity contribution in [1.29, 1.82) is 0 Å². The van der Waals surface area contributed by atoms with Crippen LogP contribution in [-0.4, -0.2) is 26.2 Å². The molecule has 8 heavy (non-hydrogen) atoms. The van der Waals surface area contributed by atoms with Crippen molar-refractivity contribution in [2.24, 2.45) is 5.14 Å². The summed E-state index contributed by atoms with van der Waals surface area (Å²) in [6.45, 7) is 0. The van der Waals surface area contributed by atoms with Crippen LogP contribution in [0.4, 0.5) is 0 Å². The summed E-state index contributed by atoms with van der Waals surface area (Å²) in [4.78, 5) is 9.49. The van der Waals surface area contributed by atoms with E-state index < -0.39 is 10.2 Å². The first-order chi connectivity index (χ1) is 3.48. The predicted octanol–water partition coefficient (Wildman–Crippen LogP) is -1.81. The molecule has 2 N–H and O–H groups in total. The third-order valence-electron chi connectivity index (χ3n) is 0.510. The Kier molecular flexibility index (Phi) is 1.94. The molecule has 47 valence electrons. The van der Waals surface area contributed by atoms with Gasteiger partial charge in [-0.05, 0) is 0 Å². The maximum atomic E-state index is 10.0. The zero-order valence-electron chi connectivity index (χ0n) is 4.16. The number of nitrogens with two attached hydrogens (primary N) is 1. The Labute approximate surface area is 47.3 Å². The summed E-state index contributed by atoms with van der Waals surface area (Å²) in [5, 5.41) is 4.43. The molecule has 0 rings (SSSR count). The summed E-state index contributed by atoms with van der Waals surface area (Å²) in [5.74, 6) is 0. The van der Waals surface area contributed by atoms with Gasteiger partial charge in [0.2, 0.25) is 0 Å². The standard InChI is InChI=1S/C2H5N2O3S/c1-4(2-5)8(3,6)7/h1H3,(H2,3,6,7). The Morgan fingerprint density at radius 2 is 2.00 bits per heavy atom. The lowest BCUT2D eigenvalue weighted by Gasteiger charge is -2.02. The molecule has 0 unspecified atom stereocenters. The van der Waals surface area contributed by atoms with Gasteiger partial charge in [0.1, 0.15) is 0 Å². The lowest BCUT2D eigenvalue weighted by Crippen LogP contribution is -2.31. The zero-order valence-corrected chi connectivity index (χ0v) is 4.97. The molecule has 0 aromatic carbocycles. The van der Waals surface area contributed by atoms with Crippen LogP contribution in [0.2, 0.25) is 0 Å². The van der Waals surface area contributed by atoms with E-state index in [1.165, 1.54) is 0 Å². The second kappa shape index (κ2) is 2.10. The molecule has 0 heterocycles. The van der Waals surface area contributed by atoms with Crippen LogP contribution < -0.4 is 5.14 Å². The van der Waals surface area contributed by atoms with E-state index in [2.05, 4.69) is 5.14 Å². The van der Waals surface area contributed by atoms with Crippen LogP contribution in [-0.2, 0) is 15.0 Å². The molecule has 0 aliphatic carbocycles. The second-order valence-corrected chi connectivity index (χ2v) is 2.68. The lowest BCUT2D eigenvalue weighted by atomic mass is 11.2. The molecule has 1 radical (unpaired) electrons. The Morgan fingerprint density at radius 1 is 1.62 bits per heavy atom. The monoisotopic (exact) mass is 137 g/mol. The minimum Gasteiger partial charge on any atom is -0.262 e. The molecular weight excluding hydrogens is 132 g/mol. The molecule has 0 spiro atoms. The maximum Gasteiger partial charge on any atom is 0.327 e. The van der Waals surface area contributed by atoms with Gasteiger partial charge in [0.15, 0.2) is 0 Å². The van der Waals surface area contributed by atoms with Crippen LogP contribution in [0.3, 0.4) is 0 Å². The fourth-order valence-electron chi connectivity index (χ4n) is 0.0519. The fraction of sp³-hybridized carbons (Fsp3) is 0.500. The quantitative estimate of drug-likeness (QED) is 0.455. The number of nitrogens with zero attached hydrogens (tertiary/aromatic N) is 1. The summed E-state index contributed by atoms with van der Waals surface area (Å²) >= 11 is 0. The third kappa shape index (κ3) is 1.90.